The normalized spacial score (nSPS) is 17.6. The number of dihydropyridines is 1. The van der Waals surface area contributed by atoms with E-state index in [2.05, 4.69) is 5.32 Å². The Labute approximate surface area is 170 Å². The molecule has 1 unspecified atom stereocenters. The molecule has 0 saturated heterocycles. The standard InChI is InChI=1S/C22H21F2NO3S/c1-15-8-10-18(11-9-15)29(27)14-16-12-20(25-13-19(16)21(26)28-2)22(23,24)17-6-4-3-5-7-17/h3-13,16,25H,14H2,1-2H3/t16-,29?/m1/s1. The van der Waals surface area contributed by atoms with Crippen LogP contribution >= 0.6 is 0 Å². The van der Waals surface area contributed by atoms with Crippen LogP contribution in [-0.4, -0.2) is 23.0 Å². The Kier molecular flexibility index (Phi) is 6.27. The smallest absolute Gasteiger partial charge is 0.335 e. The topological polar surface area (TPSA) is 55.4 Å². The molecule has 0 bridgehead atoms. The molecule has 2 aromatic rings. The van der Waals surface area contributed by atoms with Crippen LogP contribution in [0.2, 0.25) is 0 Å². The van der Waals surface area contributed by atoms with E-state index >= 15 is 0 Å². The van der Waals surface area contributed by atoms with E-state index in [-0.39, 0.29) is 22.6 Å². The number of ether oxygens (including phenoxy) is 1. The molecule has 29 heavy (non-hydrogen) atoms. The summed E-state index contributed by atoms with van der Waals surface area (Å²) in [6, 6.07) is 14.5. The Morgan fingerprint density at radius 1 is 1.14 bits per heavy atom. The molecule has 2 atom stereocenters. The van der Waals surface area contributed by atoms with Crippen molar-refractivity contribution in [2.75, 3.05) is 12.9 Å². The maximum atomic E-state index is 15.0. The average molecular weight is 417 g/mol. The number of alkyl halides is 2. The number of halogens is 2. The molecule has 7 heteroatoms. The second-order valence-corrected chi connectivity index (χ2v) is 8.18. The fourth-order valence-corrected chi connectivity index (χ4v) is 4.25. The third kappa shape index (κ3) is 4.62. The fourth-order valence-electron chi connectivity index (χ4n) is 3.02. The summed E-state index contributed by atoms with van der Waals surface area (Å²) >= 11 is 0. The van der Waals surface area contributed by atoms with Gasteiger partial charge in [0.05, 0.1) is 29.2 Å². The lowest BCUT2D eigenvalue weighted by Gasteiger charge is -2.27. The zero-order valence-corrected chi connectivity index (χ0v) is 16.8. The van der Waals surface area contributed by atoms with Crippen LogP contribution in [0.25, 0.3) is 0 Å². The maximum absolute atomic E-state index is 15.0. The minimum absolute atomic E-state index is 0.0138. The molecule has 1 N–H and O–H groups in total. The van der Waals surface area contributed by atoms with E-state index in [0.717, 1.165) is 5.56 Å². The van der Waals surface area contributed by atoms with E-state index in [0.29, 0.717) is 4.90 Å². The van der Waals surface area contributed by atoms with Gasteiger partial charge in [0.25, 0.3) is 0 Å². The van der Waals surface area contributed by atoms with Crippen LogP contribution in [0.15, 0.2) is 83.0 Å². The van der Waals surface area contributed by atoms with Gasteiger partial charge in [0, 0.05) is 28.3 Å². The first kappa shape index (κ1) is 20.9. The second kappa shape index (κ2) is 8.69. The van der Waals surface area contributed by atoms with Gasteiger partial charge in [-0.25, -0.2) is 4.79 Å². The number of nitrogens with one attached hydrogen (secondary N) is 1. The molecular weight excluding hydrogens is 396 g/mol. The summed E-state index contributed by atoms with van der Waals surface area (Å²) in [7, 11) is -0.263. The number of aryl methyl sites for hydroxylation is 1. The molecule has 1 heterocycles. The molecule has 0 saturated carbocycles. The SMILES string of the molecule is COC(=O)C1=CNC(C(F)(F)c2ccccc2)=C[C@@H]1CS(=O)c1ccc(C)cc1. The van der Waals surface area contributed by atoms with Crippen molar-refractivity contribution >= 4 is 16.8 Å². The van der Waals surface area contributed by atoms with Crippen molar-refractivity contribution in [2.24, 2.45) is 5.92 Å². The minimum Gasteiger partial charge on any atom is -0.466 e. The Hall–Kier alpha value is -2.80. The average Bonchev–Trinajstić information content (AvgIpc) is 2.74. The van der Waals surface area contributed by atoms with Crippen LogP contribution in [-0.2, 0) is 26.3 Å². The van der Waals surface area contributed by atoms with E-state index in [1.807, 2.05) is 19.1 Å². The lowest BCUT2D eigenvalue weighted by molar-refractivity contribution is -0.136. The molecule has 0 fully saturated rings. The quantitative estimate of drug-likeness (QED) is 0.721. The predicted molar refractivity (Wildman–Crippen MR) is 108 cm³/mol. The molecule has 1 aliphatic heterocycles. The molecule has 2 aromatic carbocycles. The molecule has 1 aliphatic rings. The first-order valence-corrected chi connectivity index (χ1v) is 10.3. The van der Waals surface area contributed by atoms with Gasteiger partial charge in [0.2, 0.25) is 0 Å². The minimum atomic E-state index is -3.29. The van der Waals surface area contributed by atoms with Gasteiger partial charge in [-0.1, -0.05) is 48.0 Å². The summed E-state index contributed by atoms with van der Waals surface area (Å²) in [5, 5.41) is 2.52. The number of hydrogen-bond acceptors (Lipinski definition) is 4. The molecule has 3 rings (SSSR count). The first-order valence-electron chi connectivity index (χ1n) is 8.98. The third-order valence-electron chi connectivity index (χ3n) is 4.66. The highest BCUT2D eigenvalue weighted by Crippen LogP contribution is 2.37. The van der Waals surface area contributed by atoms with E-state index in [9.17, 15) is 17.8 Å². The maximum Gasteiger partial charge on any atom is 0.335 e. The number of carbonyl (C=O) groups excluding carboxylic acids is 1. The van der Waals surface area contributed by atoms with Gasteiger partial charge in [0.15, 0.2) is 0 Å². The third-order valence-corrected chi connectivity index (χ3v) is 6.12. The van der Waals surface area contributed by atoms with Crippen LogP contribution < -0.4 is 5.32 Å². The summed E-state index contributed by atoms with van der Waals surface area (Å²) in [5.41, 5.74) is 0.641. The Balaban J connectivity index is 1.91. The lowest BCUT2D eigenvalue weighted by atomic mass is 9.94. The van der Waals surface area contributed by atoms with Crippen molar-refractivity contribution in [3.8, 4) is 0 Å². The summed E-state index contributed by atoms with van der Waals surface area (Å²) in [4.78, 5) is 12.7. The van der Waals surface area contributed by atoms with Gasteiger partial charge in [-0.05, 0) is 25.1 Å². The summed E-state index contributed by atoms with van der Waals surface area (Å²) in [6.07, 6.45) is 2.49. The van der Waals surface area contributed by atoms with Crippen molar-refractivity contribution < 1.29 is 22.5 Å². The Morgan fingerprint density at radius 3 is 2.41 bits per heavy atom. The molecule has 0 spiro atoms. The zero-order valence-electron chi connectivity index (χ0n) is 16.0. The molecule has 152 valence electrons. The van der Waals surface area contributed by atoms with Crippen molar-refractivity contribution in [3.05, 3.63) is 89.3 Å². The van der Waals surface area contributed by atoms with E-state index in [1.165, 1.54) is 43.7 Å². The highest BCUT2D eigenvalue weighted by molar-refractivity contribution is 7.85. The molecule has 0 aliphatic carbocycles. The lowest BCUT2D eigenvalue weighted by Crippen LogP contribution is -2.33. The van der Waals surface area contributed by atoms with Crippen molar-refractivity contribution in [1.82, 2.24) is 5.32 Å². The van der Waals surface area contributed by atoms with Crippen LogP contribution in [0.4, 0.5) is 8.78 Å². The highest BCUT2D eigenvalue weighted by Gasteiger charge is 2.39. The van der Waals surface area contributed by atoms with Gasteiger partial charge in [-0.2, -0.15) is 8.78 Å². The van der Waals surface area contributed by atoms with E-state index in [4.69, 9.17) is 4.74 Å². The number of rotatable bonds is 6. The second-order valence-electron chi connectivity index (χ2n) is 6.69. The fraction of sp³-hybridized carbons (Fsp3) is 0.227. The number of hydrogen-bond donors (Lipinski definition) is 1. The van der Waals surface area contributed by atoms with E-state index in [1.54, 1.807) is 18.2 Å². The van der Waals surface area contributed by atoms with Crippen LogP contribution in [0.3, 0.4) is 0 Å². The van der Waals surface area contributed by atoms with Crippen molar-refractivity contribution in [3.63, 3.8) is 0 Å². The molecule has 0 radical (unpaired) electrons. The Bertz CT molecular complexity index is 969. The number of methoxy groups -OCH3 is 1. The Morgan fingerprint density at radius 2 is 1.79 bits per heavy atom. The number of benzene rings is 2. The largest absolute Gasteiger partial charge is 0.466 e. The van der Waals surface area contributed by atoms with Crippen LogP contribution in [0.5, 0.6) is 0 Å². The van der Waals surface area contributed by atoms with Gasteiger partial charge >= 0.3 is 11.9 Å². The van der Waals surface area contributed by atoms with Crippen molar-refractivity contribution in [1.29, 1.82) is 0 Å². The van der Waals surface area contributed by atoms with Crippen molar-refractivity contribution in [2.45, 2.75) is 17.7 Å². The van der Waals surface area contributed by atoms with Gasteiger partial charge in [0.1, 0.15) is 0 Å². The predicted octanol–water partition coefficient (Wildman–Crippen LogP) is 4.05. The molecule has 0 aromatic heterocycles. The summed E-state index contributed by atoms with van der Waals surface area (Å²) in [6.45, 7) is 1.91. The summed E-state index contributed by atoms with van der Waals surface area (Å²) in [5.74, 6) is -4.74. The highest BCUT2D eigenvalue weighted by atomic mass is 32.2. The van der Waals surface area contributed by atoms with E-state index < -0.39 is 28.6 Å². The molecule has 4 nitrogen and oxygen atoms in total. The van der Waals surface area contributed by atoms with Gasteiger partial charge in [-0.3, -0.25) is 4.21 Å². The monoisotopic (exact) mass is 417 g/mol. The van der Waals surface area contributed by atoms with Gasteiger partial charge in [-0.15, -0.1) is 0 Å². The van der Waals surface area contributed by atoms with Crippen LogP contribution in [0.1, 0.15) is 11.1 Å². The van der Waals surface area contributed by atoms with Gasteiger partial charge < -0.3 is 10.1 Å². The molecular formula is C22H21F2NO3S. The number of carbonyl (C=O) groups is 1. The zero-order chi connectivity index (χ0) is 21.0. The first-order chi connectivity index (χ1) is 13.8. The van der Waals surface area contributed by atoms with Crippen LogP contribution in [0, 0.1) is 12.8 Å². The molecule has 0 amide bonds. The number of allylic oxidation sites excluding steroid dienone is 2. The number of esters is 1. The summed E-state index contributed by atoms with van der Waals surface area (Å²) < 4.78 is 47.5.